The summed E-state index contributed by atoms with van der Waals surface area (Å²) in [5, 5.41) is 3.58. The molecule has 2 rings (SSSR count). The van der Waals surface area contributed by atoms with E-state index in [2.05, 4.69) is 17.1 Å². The number of halogens is 1. The lowest BCUT2D eigenvalue weighted by molar-refractivity contribution is -0.117. The minimum atomic E-state index is 0.00924. The first kappa shape index (κ1) is 17.3. The second kappa shape index (κ2) is 7.47. The van der Waals surface area contributed by atoms with Crippen molar-refractivity contribution in [1.82, 2.24) is 4.90 Å². The number of likely N-dealkylation sites (N-methyl/N-ethyl adjacent to an activating group) is 1. The first-order chi connectivity index (χ1) is 10.4. The fourth-order valence-corrected chi connectivity index (χ4v) is 3.66. The summed E-state index contributed by atoms with van der Waals surface area (Å²) in [6.07, 6.45) is 4.91. The van der Waals surface area contributed by atoms with Crippen LogP contribution in [0.25, 0.3) is 0 Å². The molecule has 0 aliphatic heterocycles. The molecule has 1 aromatic carbocycles. The molecule has 0 unspecified atom stereocenters. The Labute approximate surface area is 139 Å². The molecule has 1 amide bonds. The minimum Gasteiger partial charge on any atom is -0.323 e. The van der Waals surface area contributed by atoms with Crippen LogP contribution in [0.3, 0.4) is 0 Å². The van der Waals surface area contributed by atoms with Crippen molar-refractivity contribution < 1.29 is 4.79 Å². The van der Waals surface area contributed by atoms with Crippen LogP contribution in [0.4, 0.5) is 5.69 Å². The number of hydrogen-bond acceptors (Lipinski definition) is 2. The average Bonchev–Trinajstić information content (AvgIpc) is 2.43. The average molecular weight is 323 g/mol. The molecule has 1 aliphatic rings. The van der Waals surface area contributed by atoms with Crippen LogP contribution in [0.2, 0.25) is 5.02 Å². The Balaban J connectivity index is 1.93. The molecule has 0 bridgehead atoms. The molecular weight excluding hydrogens is 296 g/mol. The van der Waals surface area contributed by atoms with Crippen LogP contribution in [0.5, 0.6) is 0 Å². The molecule has 1 N–H and O–H groups in total. The summed E-state index contributed by atoms with van der Waals surface area (Å²) >= 11 is 6.25. The Bertz CT molecular complexity index is 513. The third-order valence-corrected chi connectivity index (χ3v) is 5.00. The van der Waals surface area contributed by atoms with Gasteiger partial charge < -0.3 is 5.32 Å². The highest BCUT2D eigenvalue weighted by Gasteiger charge is 2.23. The first-order valence-electron chi connectivity index (χ1n) is 8.13. The van der Waals surface area contributed by atoms with Crippen LogP contribution >= 0.6 is 11.6 Å². The van der Waals surface area contributed by atoms with Crippen molar-refractivity contribution in [3.63, 3.8) is 0 Å². The van der Waals surface area contributed by atoms with Gasteiger partial charge in [0.1, 0.15) is 0 Å². The second-order valence-corrected chi connectivity index (χ2v) is 7.22. The van der Waals surface area contributed by atoms with E-state index in [1.165, 1.54) is 25.7 Å². The summed E-state index contributed by atoms with van der Waals surface area (Å²) in [6, 6.07) is 4.45. The molecule has 0 saturated heterocycles. The van der Waals surface area contributed by atoms with E-state index in [1.54, 1.807) is 0 Å². The van der Waals surface area contributed by atoms with E-state index in [4.69, 9.17) is 11.6 Å². The molecule has 1 fully saturated rings. The van der Waals surface area contributed by atoms with Crippen LogP contribution in [-0.4, -0.2) is 30.4 Å². The maximum absolute atomic E-state index is 12.3. The van der Waals surface area contributed by atoms with Crippen molar-refractivity contribution in [1.29, 1.82) is 0 Å². The molecule has 0 spiro atoms. The van der Waals surface area contributed by atoms with Crippen LogP contribution in [-0.2, 0) is 4.79 Å². The first-order valence-corrected chi connectivity index (χ1v) is 8.51. The van der Waals surface area contributed by atoms with E-state index < -0.39 is 0 Å². The van der Waals surface area contributed by atoms with Gasteiger partial charge in [0.15, 0.2) is 0 Å². The minimum absolute atomic E-state index is 0.00924. The highest BCUT2D eigenvalue weighted by molar-refractivity contribution is 6.34. The maximum Gasteiger partial charge on any atom is 0.238 e. The lowest BCUT2D eigenvalue weighted by atomic mass is 9.87. The number of hydrogen-bond donors (Lipinski definition) is 1. The van der Waals surface area contributed by atoms with Gasteiger partial charge in [0.25, 0.3) is 0 Å². The van der Waals surface area contributed by atoms with Gasteiger partial charge in [-0.15, -0.1) is 0 Å². The molecule has 1 aromatic rings. The summed E-state index contributed by atoms with van der Waals surface area (Å²) in [4.78, 5) is 14.5. The molecular formula is C18H27ClN2O. The molecule has 0 atom stereocenters. The summed E-state index contributed by atoms with van der Waals surface area (Å²) in [5.41, 5.74) is 2.85. The van der Waals surface area contributed by atoms with Crippen LogP contribution in [0.1, 0.15) is 43.7 Å². The Morgan fingerprint density at radius 1 is 1.27 bits per heavy atom. The molecule has 1 aliphatic carbocycles. The molecule has 0 heterocycles. The quantitative estimate of drug-likeness (QED) is 0.890. The summed E-state index contributed by atoms with van der Waals surface area (Å²) in [5.74, 6) is 0.836. The summed E-state index contributed by atoms with van der Waals surface area (Å²) < 4.78 is 0. The van der Waals surface area contributed by atoms with Gasteiger partial charge in [0, 0.05) is 6.04 Å². The second-order valence-electron chi connectivity index (χ2n) is 6.82. The largest absolute Gasteiger partial charge is 0.323 e. The van der Waals surface area contributed by atoms with Crippen molar-refractivity contribution in [3.8, 4) is 0 Å². The van der Waals surface area contributed by atoms with Gasteiger partial charge in [-0.25, -0.2) is 0 Å². The molecule has 3 nitrogen and oxygen atoms in total. The Morgan fingerprint density at radius 3 is 2.50 bits per heavy atom. The smallest absolute Gasteiger partial charge is 0.238 e. The van der Waals surface area contributed by atoms with Gasteiger partial charge in [-0.3, -0.25) is 9.69 Å². The number of carbonyl (C=O) groups is 1. The standard InChI is InChI=1S/C18H27ClN2O/c1-12-5-7-15(8-6-12)21(4)11-17(22)20-18-14(3)9-13(2)10-16(18)19/h9-10,12,15H,5-8,11H2,1-4H3,(H,20,22). The van der Waals surface area contributed by atoms with Crippen LogP contribution in [0.15, 0.2) is 12.1 Å². The molecule has 22 heavy (non-hydrogen) atoms. The zero-order valence-corrected chi connectivity index (χ0v) is 14.8. The van der Waals surface area contributed by atoms with E-state index in [0.717, 1.165) is 22.7 Å². The topological polar surface area (TPSA) is 32.3 Å². The predicted octanol–water partition coefficient (Wildman–Crippen LogP) is 4.41. The highest BCUT2D eigenvalue weighted by atomic mass is 35.5. The lowest BCUT2D eigenvalue weighted by Gasteiger charge is -2.33. The van der Waals surface area contributed by atoms with E-state index in [1.807, 2.05) is 33.0 Å². The van der Waals surface area contributed by atoms with Gasteiger partial charge in [-0.1, -0.05) is 24.6 Å². The molecule has 122 valence electrons. The van der Waals surface area contributed by atoms with Crippen molar-refractivity contribution in [3.05, 3.63) is 28.3 Å². The fourth-order valence-electron chi connectivity index (χ4n) is 3.29. The maximum atomic E-state index is 12.3. The summed E-state index contributed by atoms with van der Waals surface area (Å²) in [7, 11) is 2.05. The Kier molecular flexibility index (Phi) is 5.87. The highest BCUT2D eigenvalue weighted by Crippen LogP contribution is 2.28. The zero-order chi connectivity index (χ0) is 16.3. The Hall–Kier alpha value is -1.06. The molecule has 0 radical (unpaired) electrons. The van der Waals surface area contributed by atoms with Gasteiger partial charge in [-0.2, -0.15) is 0 Å². The van der Waals surface area contributed by atoms with Crippen molar-refractivity contribution in [2.24, 2.45) is 5.92 Å². The van der Waals surface area contributed by atoms with Crippen LogP contribution < -0.4 is 5.32 Å². The monoisotopic (exact) mass is 322 g/mol. The SMILES string of the molecule is Cc1cc(C)c(NC(=O)CN(C)C2CCC(C)CC2)c(Cl)c1. The summed E-state index contributed by atoms with van der Waals surface area (Å²) in [6.45, 7) is 6.71. The van der Waals surface area contributed by atoms with Crippen molar-refractivity contribution >= 4 is 23.2 Å². The number of aryl methyl sites for hydroxylation is 2. The Morgan fingerprint density at radius 2 is 1.91 bits per heavy atom. The van der Waals surface area contributed by atoms with Gasteiger partial charge >= 0.3 is 0 Å². The van der Waals surface area contributed by atoms with Crippen molar-refractivity contribution in [2.75, 3.05) is 18.9 Å². The van der Waals surface area contributed by atoms with Gasteiger partial charge in [0.2, 0.25) is 5.91 Å². The number of nitrogens with zero attached hydrogens (tertiary/aromatic N) is 1. The zero-order valence-electron chi connectivity index (χ0n) is 14.1. The lowest BCUT2D eigenvalue weighted by Crippen LogP contribution is -2.40. The number of rotatable bonds is 4. The number of carbonyl (C=O) groups excluding carboxylic acids is 1. The predicted molar refractivity (Wildman–Crippen MR) is 93.6 cm³/mol. The van der Waals surface area contributed by atoms with E-state index >= 15 is 0 Å². The molecule has 0 aromatic heterocycles. The van der Waals surface area contributed by atoms with Crippen LogP contribution in [0, 0.1) is 19.8 Å². The van der Waals surface area contributed by atoms with Crippen molar-refractivity contribution in [2.45, 2.75) is 52.5 Å². The molecule has 4 heteroatoms. The number of anilines is 1. The number of nitrogens with one attached hydrogen (secondary N) is 1. The van der Waals surface area contributed by atoms with Gasteiger partial charge in [0.05, 0.1) is 17.3 Å². The third kappa shape index (κ3) is 4.47. The normalized spacial score (nSPS) is 21.9. The molecule has 1 saturated carbocycles. The van der Waals surface area contributed by atoms with E-state index in [0.29, 0.717) is 17.6 Å². The van der Waals surface area contributed by atoms with Gasteiger partial charge in [-0.05, 0) is 69.7 Å². The number of benzene rings is 1. The van der Waals surface area contributed by atoms with E-state index in [-0.39, 0.29) is 5.91 Å². The van der Waals surface area contributed by atoms with E-state index in [9.17, 15) is 4.79 Å². The third-order valence-electron chi connectivity index (χ3n) is 4.70. The number of amides is 1. The fraction of sp³-hybridized carbons (Fsp3) is 0.611.